The van der Waals surface area contributed by atoms with Crippen LogP contribution in [-0.4, -0.2) is 24.4 Å². The van der Waals surface area contributed by atoms with Crippen molar-refractivity contribution < 1.29 is 9.59 Å². The summed E-state index contributed by atoms with van der Waals surface area (Å²) in [6.45, 7) is 7.25. The molecule has 2 N–H and O–H groups in total. The van der Waals surface area contributed by atoms with Gasteiger partial charge in [0.2, 0.25) is 11.8 Å². The van der Waals surface area contributed by atoms with Crippen LogP contribution in [-0.2, 0) is 9.59 Å². The van der Waals surface area contributed by atoms with Gasteiger partial charge in [0, 0.05) is 25.4 Å². The normalized spacial score (nSPS) is 12.9. The minimum absolute atomic E-state index is 0.119. The van der Waals surface area contributed by atoms with Crippen LogP contribution in [0.3, 0.4) is 0 Å². The van der Waals surface area contributed by atoms with Gasteiger partial charge in [-0.05, 0) is 77.6 Å². The van der Waals surface area contributed by atoms with Crippen LogP contribution in [0.4, 0.5) is 0 Å². The Morgan fingerprint density at radius 2 is 0.880 bits per heavy atom. The van der Waals surface area contributed by atoms with E-state index in [1.807, 2.05) is 0 Å². The summed E-state index contributed by atoms with van der Waals surface area (Å²) in [6, 6.07) is 0.170. The second kappa shape index (κ2) is 40.8. The zero-order chi connectivity index (χ0) is 36.4. The van der Waals surface area contributed by atoms with Gasteiger partial charge in [-0.15, -0.1) is 0 Å². The Balaban J connectivity index is 3.55. The average molecular weight is 693 g/mol. The van der Waals surface area contributed by atoms with Crippen molar-refractivity contribution in [2.75, 3.05) is 6.54 Å². The van der Waals surface area contributed by atoms with Crippen LogP contribution in [0.1, 0.15) is 194 Å². The number of amides is 2. The van der Waals surface area contributed by atoms with E-state index < -0.39 is 0 Å². The van der Waals surface area contributed by atoms with Crippen LogP contribution < -0.4 is 10.6 Å². The van der Waals surface area contributed by atoms with E-state index in [1.165, 1.54) is 89.9 Å². The first kappa shape index (κ1) is 47.4. The smallest absolute Gasteiger partial charge is 0.220 e. The molecule has 0 bridgehead atoms. The standard InChI is InChI=1S/C46H80N2O2/c1-4-6-8-10-12-14-16-18-20-21-22-23-25-27-29-31-33-35-37-42-46(50)48-44(3)40-38-39-43-47-45(49)41-36-34-32-30-28-26-24-19-17-15-13-11-9-7-5-2/h6,8,12,14,18,20,22-23,27,29,33,35,44H,4-5,7,9-11,13,15-17,19,21,24-26,28,30-32,34,36-43H2,1-3H3,(H,47,49)(H,48,50)/b8-6-,14-12-,20-18-,23-22-,29-27-,35-33-/t44-/m1/s1. The van der Waals surface area contributed by atoms with E-state index in [1.54, 1.807) is 0 Å². The molecule has 0 radical (unpaired) electrons. The third-order valence-electron chi connectivity index (χ3n) is 8.94. The van der Waals surface area contributed by atoms with Gasteiger partial charge in [-0.2, -0.15) is 0 Å². The van der Waals surface area contributed by atoms with Gasteiger partial charge in [0.05, 0.1) is 0 Å². The lowest BCUT2D eigenvalue weighted by atomic mass is 10.0. The Bertz CT molecular complexity index is 926. The molecular formula is C46H80N2O2. The Morgan fingerprint density at radius 1 is 0.460 bits per heavy atom. The fourth-order valence-corrected chi connectivity index (χ4v) is 5.82. The van der Waals surface area contributed by atoms with Crippen molar-refractivity contribution in [1.82, 2.24) is 10.6 Å². The van der Waals surface area contributed by atoms with E-state index >= 15 is 0 Å². The highest BCUT2D eigenvalue weighted by molar-refractivity contribution is 5.76. The van der Waals surface area contributed by atoms with E-state index in [0.717, 1.165) is 77.2 Å². The van der Waals surface area contributed by atoms with Gasteiger partial charge < -0.3 is 10.6 Å². The fourth-order valence-electron chi connectivity index (χ4n) is 5.82. The highest BCUT2D eigenvalue weighted by atomic mass is 16.2. The zero-order valence-corrected chi connectivity index (χ0v) is 33.1. The molecule has 0 unspecified atom stereocenters. The molecule has 286 valence electrons. The summed E-state index contributed by atoms with van der Waals surface area (Å²) < 4.78 is 0. The highest BCUT2D eigenvalue weighted by Crippen LogP contribution is 2.14. The van der Waals surface area contributed by atoms with E-state index in [2.05, 4.69) is 104 Å². The lowest BCUT2D eigenvalue weighted by molar-refractivity contribution is -0.122. The maximum absolute atomic E-state index is 12.3. The van der Waals surface area contributed by atoms with Crippen LogP contribution in [0.15, 0.2) is 72.9 Å². The van der Waals surface area contributed by atoms with E-state index in [-0.39, 0.29) is 17.9 Å². The van der Waals surface area contributed by atoms with Crippen molar-refractivity contribution in [3.63, 3.8) is 0 Å². The number of nitrogens with one attached hydrogen (secondary N) is 2. The first-order valence-electron chi connectivity index (χ1n) is 21.1. The van der Waals surface area contributed by atoms with Crippen LogP contribution in [0.5, 0.6) is 0 Å². The number of hydrogen-bond donors (Lipinski definition) is 2. The molecule has 0 heterocycles. The summed E-state index contributed by atoms with van der Waals surface area (Å²) in [5.41, 5.74) is 0. The van der Waals surface area contributed by atoms with Gasteiger partial charge in [0.1, 0.15) is 0 Å². The Morgan fingerprint density at radius 3 is 1.34 bits per heavy atom. The Hall–Kier alpha value is -2.62. The molecule has 0 fully saturated rings. The number of rotatable bonds is 36. The second-order valence-electron chi connectivity index (χ2n) is 14.0. The first-order chi connectivity index (χ1) is 24.6. The predicted molar refractivity (Wildman–Crippen MR) is 221 cm³/mol. The molecule has 0 spiro atoms. The molecule has 0 saturated heterocycles. The average Bonchev–Trinajstić information content (AvgIpc) is 3.10. The number of allylic oxidation sites excluding steroid dienone is 12. The number of hydrogen-bond acceptors (Lipinski definition) is 2. The van der Waals surface area contributed by atoms with Crippen LogP contribution in [0, 0.1) is 0 Å². The van der Waals surface area contributed by atoms with Crippen molar-refractivity contribution in [3.05, 3.63) is 72.9 Å². The highest BCUT2D eigenvalue weighted by Gasteiger charge is 2.07. The van der Waals surface area contributed by atoms with Crippen molar-refractivity contribution in [3.8, 4) is 0 Å². The molecule has 50 heavy (non-hydrogen) atoms. The molecule has 4 heteroatoms. The lowest BCUT2D eigenvalue weighted by Gasteiger charge is -2.13. The van der Waals surface area contributed by atoms with E-state index in [0.29, 0.717) is 12.8 Å². The van der Waals surface area contributed by atoms with Crippen LogP contribution in [0.25, 0.3) is 0 Å². The summed E-state index contributed by atoms with van der Waals surface area (Å²) in [5.74, 6) is 0.310. The fraction of sp³-hybridized carbons (Fsp3) is 0.696. The minimum Gasteiger partial charge on any atom is -0.356 e. The predicted octanol–water partition coefficient (Wildman–Crippen LogP) is 13.5. The molecule has 2 amide bonds. The summed E-state index contributed by atoms with van der Waals surface area (Å²) in [7, 11) is 0. The summed E-state index contributed by atoms with van der Waals surface area (Å²) in [6.07, 6.45) is 57.3. The van der Waals surface area contributed by atoms with Crippen molar-refractivity contribution >= 4 is 11.8 Å². The molecular weight excluding hydrogens is 613 g/mol. The van der Waals surface area contributed by atoms with Crippen molar-refractivity contribution in [2.24, 2.45) is 0 Å². The zero-order valence-electron chi connectivity index (χ0n) is 33.1. The number of carbonyl (C=O) groups is 2. The van der Waals surface area contributed by atoms with Crippen molar-refractivity contribution in [2.45, 2.75) is 200 Å². The SMILES string of the molecule is CC/C=C\C/C=C\C/C=C\C/C=C\C/C=C\C/C=C\CCC(=O)N[C@H](C)CCCCNC(=O)CCCCCCCCCCCCCCCCC. The van der Waals surface area contributed by atoms with Crippen LogP contribution >= 0.6 is 0 Å². The summed E-state index contributed by atoms with van der Waals surface area (Å²) in [4.78, 5) is 24.4. The topological polar surface area (TPSA) is 58.2 Å². The Kier molecular flexibility index (Phi) is 38.7. The third kappa shape index (κ3) is 39.8. The van der Waals surface area contributed by atoms with Gasteiger partial charge in [0.25, 0.3) is 0 Å². The van der Waals surface area contributed by atoms with Gasteiger partial charge in [-0.25, -0.2) is 0 Å². The quantitative estimate of drug-likeness (QED) is 0.0507. The van der Waals surface area contributed by atoms with Gasteiger partial charge in [-0.1, -0.05) is 177 Å². The van der Waals surface area contributed by atoms with Crippen LogP contribution in [0.2, 0.25) is 0 Å². The maximum Gasteiger partial charge on any atom is 0.220 e. The van der Waals surface area contributed by atoms with E-state index in [9.17, 15) is 9.59 Å². The van der Waals surface area contributed by atoms with Crippen molar-refractivity contribution in [1.29, 1.82) is 0 Å². The molecule has 0 aliphatic rings. The molecule has 0 aliphatic carbocycles. The molecule has 1 atom stereocenters. The summed E-state index contributed by atoms with van der Waals surface area (Å²) >= 11 is 0. The first-order valence-corrected chi connectivity index (χ1v) is 21.1. The molecule has 0 rings (SSSR count). The third-order valence-corrected chi connectivity index (χ3v) is 8.94. The molecule has 0 saturated carbocycles. The number of carbonyl (C=O) groups excluding carboxylic acids is 2. The molecule has 4 nitrogen and oxygen atoms in total. The van der Waals surface area contributed by atoms with Gasteiger partial charge in [-0.3, -0.25) is 9.59 Å². The molecule has 0 aromatic rings. The number of unbranched alkanes of at least 4 members (excludes halogenated alkanes) is 15. The minimum atomic E-state index is 0.119. The monoisotopic (exact) mass is 693 g/mol. The van der Waals surface area contributed by atoms with Gasteiger partial charge in [0.15, 0.2) is 0 Å². The molecule has 0 aliphatic heterocycles. The largest absolute Gasteiger partial charge is 0.356 e. The van der Waals surface area contributed by atoms with E-state index in [4.69, 9.17) is 0 Å². The van der Waals surface area contributed by atoms with Gasteiger partial charge >= 0.3 is 0 Å². The second-order valence-corrected chi connectivity index (χ2v) is 14.0. The Labute approximate surface area is 310 Å². The molecule has 0 aromatic carbocycles. The lowest BCUT2D eigenvalue weighted by Crippen LogP contribution is -2.32. The summed E-state index contributed by atoms with van der Waals surface area (Å²) in [5, 5.41) is 6.19. The molecule has 0 aromatic heterocycles. The maximum atomic E-state index is 12.3.